The Kier molecular flexibility index (Phi) is 5.41. The second kappa shape index (κ2) is 7.06. The predicted octanol–water partition coefficient (Wildman–Crippen LogP) is 2.78. The van der Waals surface area contributed by atoms with Gasteiger partial charge in [0, 0.05) is 6.54 Å². The number of nitrogens with one attached hydrogen (secondary N) is 1. The first-order valence-electron chi connectivity index (χ1n) is 7.60. The van der Waals surface area contributed by atoms with Gasteiger partial charge in [-0.2, -0.15) is 0 Å². The Labute approximate surface area is 118 Å². The van der Waals surface area contributed by atoms with Crippen LogP contribution in [0.3, 0.4) is 0 Å². The van der Waals surface area contributed by atoms with Crippen molar-refractivity contribution in [3.05, 3.63) is 34.9 Å². The smallest absolute Gasteiger partial charge is 0.00189 e. The second-order valence-electron chi connectivity index (χ2n) is 6.13. The molecule has 2 rings (SSSR count). The van der Waals surface area contributed by atoms with Gasteiger partial charge in [-0.1, -0.05) is 23.8 Å². The summed E-state index contributed by atoms with van der Waals surface area (Å²) in [4.78, 5) is 2.49. The van der Waals surface area contributed by atoms with Crippen LogP contribution < -0.4 is 5.32 Å². The van der Waals surface area contributed by atoms with Crippen LogP contribution in [0.1, 0.15) is 29.5 Å². The quantitative estimate of drug-likeness (QED) is 0.846. The zero-order valence-electron chi connectivity index (χ0n) is 12.7. The molecule has 0 aliphatic carbocycles. The summed E-state index contributed by atoms with van der Waals surface area (Å²) < 4.78 is 0. The van der Waals surface area contributed by atoms with E-state index in [4.69, 9.17) is 0 Å². The minimum absolute atomic E-state index is 0.906. The lowest BCUT2D eigenvalue weighted by Gasteiger charge is -2.19. The van der Waals surface area contributed by atoms with E-state index < -0.39 is 0 Å². The van der Waals surface area contributed by atoms with Gasteiger partial charge in [-0.15, -0.1) is 0 Å². The van der Waals surface area contributed by atoms with Crippen LogP contribution in [0.15, 0.2) is 18.2 Å². The molecule has 0 bridgehead atoms. The van der Waals surface area contributed by atoms with Crippen molar-refractivity contribution in [1.82, 2.24) is 10.2 Å². The van der Waals surface area contributed by atoms with Gasteiger partial charge < -0.3 is 10.2 Å². The largest absolute Gasteiger partial charge is 0.316 e. The molecule has 1 aromatic carbocycles. The summed E-state index contributed by atoms with van der Waals surface area (Å²) >= 11 is 0. The number of nitrogens with zero attached hydrogens (tertiary/aromatic N) is 1. The summed E-state index contributed by atoms with van der Waals surface area (Å²) in [7, 11) is 2.26. The number of likely N-dealkylation sites (N-methyl/N-ethyl adjacent to an activating group) is 1. The van der Waals surface area contributed by atoms with Crippen LogP contribution in [-0.4, -0.2) is 38.1 Å². The van der Waals surface area contributed by atoms with Crippen molar-refractivity contribution in [3.8, 4) is 0 Å². The van der Waals surface area contributed by atoms with Crippen LogP contribution in [0, 0.1) is 19.8 Å². The van der Waals surface area contributed by atoms with Gasteiger partial charge in [-0.05, 0) is 76.8 Å². The van der Waals surface area contributed by atoms with Crippen LogP contribution in [0.2, 0.25) is 0 Å². The van der Waals surface area contributed by atoms with Crippen LogP contribution >= 0.6 is 0 Å². The average molecular weight is 260 g/mol. The minimum atomic E-state index is 0.906. The Balaban J connectivity index is 1.73. The summed E-state index contributed by atoms with van der Waals surface area (Å²) in [5.74, 6) is 0.906. The van der Waals surface area contributed by atoms with Crippen LogP contribution in [0.4, 0.5) is 0 Å². The van der Waals surface area contributed by atoms with Gasteiger partial charge in [0.25, 0.3) is 0 Å². The van der Waals surface area contributed by atoms with Gasteiger partial charge in [0.15, 0.2) is 0 Å². The highest BCUT2D eigenvalue weighted by Crippen LogP contribution is 2.14. The third kappa shape index (κ3) is 4.63. The summed E-state index contributed by atoms with van der Waals surface area (Å²) in [6.45, 7) is 9.25. The highest BCUT2D eigenvalue weighted by atomic mass is 15.1. The fourth-order valence-corrected chi connectivity index (χ4v) is 2.86. The van der Waals surface area contributed by atoms with Crippen molar-refractivity contribution in [2.45, 2.75) is 33.1 Å². The van der Waals surface area contributed by atoms with Gasteiger partial charge in [0.05, 0.1) is 0 Å². The molecule has 1 atom stereocenters. The molecule has 1 aromatic rings. The van der Waals surface area contributed by atoms with E-state index in [0.717, 1.165) is 5.92 Å². The molecule has 0 saturated carbocycles. The highest BCUT2D eigenvalue weighted by Gasteiger charge is 2.14. The van der Waals surface area contributed by atoms with Crippen molar-refractivity contribution < 1.29 is 0 Å². The number of aryl methyl sites for hydroxylation is 2. The number of rotatable bonds is 6. The molecule has 0 aromatic heterocycles. The highest BCUT2D eigenvalue weighted by molar-refractivity contribution is 5.30. The van der Waals surface area contributed by atoms with E-state index in [0.29, 0.717) is 0 Å². The minimum Gasteiger partial charge on any atom is -0.316 e. The van der Waals surface area contributed by atoms with Crippen LogP contribution in [-0.2, 0) is 6.42 Å². The first-order chi connectivity index (χ1) is 9.15. The summed E-state index contributed by atoms with van der Waals surface area (Å²) in [6, 6.07) is 6.79. The standard InChI is InChI=1S/C17H28N2/c1-14-4-5-15(2)17(12-14)8-11-19(3)10-7-16-6-9-18-13-16/h4-5,12,16,18H,6-11,13H2,1-3H3. The van der Waals surface area contributed by atoms with E-state index in [1.165, 1.54) is 62.1 Å². The Morgan fingerprint density at radius 1 is 1.26 bits per heavy atom. The maximum Gasteiger partial charge on any atom is 0.00189 e. The second-order valence-corrected chi connectivity index (χ2v) is 6.13. The monoisotopic (exact) mass is 260 g/mol. The van der Waals surface area contributed by atoms with E-state index >= 15 is 0 Å². The molecule has 1 aliphatic rings. The lowest BCUT2D eigenvalue weighted by Crippen LogP contribution is -2.25. The first-order valence-corrected chi connectivity index (χ1v) is 7.60. The summed E-state index contributed by atoms with van der Waals surface area (Å²) in [5.41, 5.74) is 4.31. The van der Waals surface area contributed by atoms with Gasteiger partial charge in [0.2, 0.25) is 0 Å². The fraction of sp³-hybridized carbons (Fsp3) is 0.647. The Morgan fingerprint density at radius 3 is 2.84 bits per heavy atom. The Hall–Kier alpha value is -0.860. The van der Waals surface area contributed by atoms with Gasteiger partial charge in [0.1, 0.15) is 0 Å². The van der Waals surface area contributed by atoms with E-state index in [1.54, 1.807) is 0 Å². The molecule has 1 unspecified atom stereocenters. The molecule has 0 spiro atoms. The van der Waals surface area contributed by atoms with Crippen molar-refractivity contribution in [2.24, 2.45) is 5.92 Å². The third-order valence-corrected chi connectivity index (χ3v) is 4.35. The lowest BCUT2D eigenvalue weighted by molar-refractivity contribution is 0.308. The van der Waals surface area contributed by atoms with Gasteiger partial charge >= 0.3 is 0 Å². The zero-order chi connectivity index (χ0) is 13.7. The Morgan fingerprint density at radius 2 is 2.11 bits per heavy atom. The fourth-order valence-electron chi connectivity index (χ4n) is 2.86. The summed E-state index contributed by atoms with van der Waals surface area (Å²) in [6.07, 6.45) is 3.88. The average Bonchev–Trinajstić information content (AvgIpc) is 2.90. The molecule has 1 N–H and O–H groups in total. The third-order valence-electron chi connectivity index (χ3n) is 4.35. The predicted molar refractivity (Wildman–Crippen MR) is 82.7 cm³/mol. The van der Waals surface area contributed by atoms with E-state index in [1.807, 2.05) is 0 Å². The maximum absolute atomic E-state index is 3.45. The Bertz CT molecular complexity index is 394. The van der Waals surface area contributed by atoms with Gasteiger partial charge in [-0.3, -0.25) is 0 Å². The zero-order valence-corrected chi connectivity index (χ0v) is 12.7. The van der Waals surface area contributed by atoms with E-state index in [-0.39, 0.29) is 0 Å². The molecule has 2 heteroatoms. The van der Waals surface area contributed by atoms with Crippen molar-refractivity contribution >= 4 is 0 Å². The molecule has 0 radical (unpaired) electrons. The molecule has 1 saturated heterocycles. The number of hydrogen-bond acceptors (Lipinski definition) is 2. The first kappa shape index (κ1) is 14.5. The molecular weight excluding hydrogens is 232 g/mol. The lowest BCUT2D eigenvalue weighted by atomic mass is 10.0. The van der Waals surface area contributed by atoms with Crippen molar-refractivity contribution in [1.29, 1.82) is 0 Å². The normalized spacial score (nSPS) is 19.3. The summed E-state index contributed by atoms with van der Waals surface area (Å²) in [5, 5.41) is 3.45. The maximum atomic E-state index is 3.45. The molecule has 0 amide bonds. The van der Waals surface area contributed by atoms with E-state index in [9.17, 15) is 0 Å². The van der Waals surface area contributed by atoms with Crippen LogP contribution in [0.25, 0.3) is 0 Å². The molecule has 2 nitrogen and oxygen atoms in total. The molecular formula is C17H28N2. The molecule has 19 heavy (non-hydrogen) atoms. The molecule has 106 valence electrons. The van der Waals surface area contributed by atoms with Gasteiger partial charge in [-0.25, -0.2) is 0 Å². The molecule has 1 fully saturated rings. The van der Waals surface area contributed by atoms with E-state index in [2.05, 4.69) is 49.3 Å². The van der Waals surface area contributed by atoms with Crippen LogP contribution in [0.5, 0.6) is 0 Å². The number of hydrogen-bond donors (Lipinski definition) is 1. The number of benzene rings is 1. The van der Waals surface area contributed by atoms with Crippen molar-refractivity contribution in [2.75, 3.05) is 33.2 Å². The molecule has 1 aliphatic heterocycles. The SMILES string of the molecule is Cc1ccc(C)c(CCN(C)CCC2CCNC2)c1. The van der Waals surface area contributed by atoms with Crippen molar-refractivity contribution in [3.63, 3.8) is 0 Å². The molecule has 1 heterocycles. The topological polar surface area (TPSA) is 15.3 Å².